The normalized spacial score (nSPS) is 12.6. The molecule has 4 N–H and O–H groups in total. The summed E-state index contributed by atoms with van der Waals surface area (Å²) in [5, 5.41) is 11.4. The van der Waals surface area contributed by atoms with Crippen LogP contribution in [0.5, 0.6) is 0 Å². The van der Waals surface area contributed by atoms with Crippen molar-refractivity contribution >= 4 is 5.91 Å². The number of nitrogens with one attached hydrogen (secondary N) is 1. The molecule has 0 aliphatic rings. The Morgan fingerprint density at radius 1 is 1.58 bits per heavy atom. The van der Waals surface area contributed by atoms with Gasteiger partial charge in [0.2, 0.25) is 5.91 Å². The van der Waals surface area contributed by atoms with E-state index >= 15 is 0 Å². The van der Waals surface area contributed by atoms with Crippen molar-refractivity contribution in [2.75, 3.05) is 13.1 Å². The van der Waals surface area contributed by atoms with E-state index in [1.54, 1.807) is 6.92 Å². The summed E-state index contributed by atoms with van der Waals surface area (Å²) >= 11 is 0. The van der Waals surface area contributed by atoms with Gasteiger partial charge in [-0.05, 0) is 26.3 Å². The Labute approximate surface area is 73.1 Å². The molecule has 1 amide bonds. The number of rotatable bonds is 6. The SMILES string of the molecule is C[C@@H](O)CNC(=O)CCCCN. The maximum absolute atomic E-state index is 11.0. The van der Waals surface area contributed by atoms with Crippen LogP contribution in [0.1, 0.15) is 26.2 Å². The van der Waals surface area contributed by atoms with Crippen LogP contribution < -0.4 is 11.1 Å². The average molecular weight is 174 g/mol. The first-order valence-corrected chi connectivity index (χ1v) is 4.31. The van der Waals surface area contributed by atoms with E-state index < -0.39 is 6.10 Å². The van der Waals surface area contributed by atoms with Crippen LogP contribution in [0.15, 0.2) is 0 Å². The maximum atomic E-state index is 11.0. The van der Waals surface area contributed by atoms with E-state index in [0.717, 1.165) is 12.8 Å². The quantitative estimate of drug-likeness (QED) is 0.480. The Balaban J connectivity index is 3.22. The van der Waals surface area contributed by atoms with Gasteiger partial charge >= 0.3 is 0 Å². The third kappa shape index (κ3) is 7.50. The zero-order chi connectivity index (χ0) is 9.40. The van der Waals surface area contributed by atoms with Crippen molar-refractivity contribution < 1.29 is 9.90 Å². The lowest BCUT2D eigenvalue weighted by atomic mass is 10.2. The van der Waals surface area contributed by atoms with Gasteiger partial charge < -0.3 is 16.2 Å². The van der Waals surface area contributed by atoms with Gasteiger partial charge in [-0.1, -0.05) is 0 Å². The number of unbranched alkanes of at least 4 members (excludes halogenated alkanes) is 1. The predicted octanol–water partition coefficient (Wildman–Crippen LogP) is -0.388. The number of aliphatic hydroxyl groups is 1. The Morgan fingerprint density at radius 2 is 2.25 bits per heavy atom. The highest BCUT2D eigenvalue weighted by molar-refractivity contribution is 5.75. The third-order valence-corrected chi connectivity index (χ3v) is 1.45. The van der Waals surface area contributed by atoms with Gasteiger partial charge in [-0.2, -0.15) is 0 Å². The van der Waals surface area contributed by atoms with Crippen molar-refractivity contribution in [2.24, 2.45) is 5.73 Å². The molecule has 4 heteroatoms. The molecule has 0 aliphatic carbocycles. The minimum Gasteiger partial charge on any atom is -0.392 e. The summed E-state index contributed by atoms with van der Waals surface area (Å²) in [6.07, 6.45) is 1.73. The van der Waals surface area contributed by atoms with Crippen LogP contribution in [-0.4, -0.2) is 30.2 Å². The van der Waals surface area contributed by atoms with Crippen LogP contribution >= 0.6 is 0 Å². The lowest BCUT2D eigenvalue weighted by Crippen LogP contribution is -2.30. The van der Waals surface area contributed by atoms with E-state index in [1.165, 1.54) is 0 Å². The molecular formula is C8H18N2O2. The minimum absolute atomic E-state index is 0.00986. The fourth-order valence-corrected chi connectivity index (χ4v) is 0.780. The van der Waals surface area contributed by atoms with E-state index in [0.29, 0.717) is 19.5 Å². The molecule has 0 aromatic carbocycles. The van der Waals surface area contributed by atoms with Gasteiger partial charge in [-0.15, -0.1) is 0 Å². The second-order valence-electron chi connectivity index (χ2n) is 2.90. The van der Waals surface area contributed by atoms with Crippen molar-refractivity contribution in [3.63, 3.8) is 0 Å². The van der Waals surface area contributed by atoms with Gasteiger partial charge in [-0.25, -0.2) is 0 Å². The molecule has 0 aliphatic heterocycles. The number of hydrogen-bond acceptors (Lipinski definition) is 3. The second-order valence-corrected chi connectivity index (χ2v) is 2.90. The lowest BCUT2D eigenvalue weighted by Gasteiger charge is -2.06. The maximum Gasteiger partial charge on any atom is 0.220 e. The van der Waals surface area contributed by atoms with Crippen LogP contribution in [0.3, 0.4) is 0 Å². The Kier molecular flexibility index (Phi) is 6.70. The number of nitrogens with two attached hydrogens (primary N) is 1. The van der Waals surface area contributed by atoms with E-state index in [2.05, 4.69) is 5.32 Å². The van der Waals surface area contributed by atoms with Crippen LogP contribution in [0.4, 0.5) is 0 Å². The molecule has 0 spiro atoms. The molecule has 0 rings (SSSR count). The summed E-state index contributed by atoms with van der Waals surface area (Å²) in [6.45, 7) is 2.60. The lowest BCUT2D eigenvalue weighted by molar-refractivity contribution is -0.121. The van der Waals surface area contributed by atoms with Gasteiger partial charge in [0.15, 0.2) is 0 Å². The molecular weight excluding hydrogens is 156 g/mol. The van der Waals surface area contributed by atoms with Gasteiger partial charge in [0.1, 0.15) is 0 Å². The molecule has 0 aromatic heterocycles. The standard InChI is InChI=1S/C8H18N2O2/c1-7(11)6-10-8(12)4-2-3-5-9/h7,11H,2-6,9H2,1H3,(H,10,12)/t7-/m1/s1. The molecule has 0 heterocycles. The zero-order valence-corrected chi connectivity index (χ0v) is 7.55. The summed E-state index contributed by atoms with van der Waals surface area (Å²) in [5.41, 5.74) is 5.27. The molecule has 72 valence electrons. The number of carbonyl (C=O) groups is 1. The van der Waals surface area contributed by atoms with Gasteiger partial charge in [0, 0.05) is 13.0 Å². The minimum atomic E-state index is -0.469. The Morgan fingerprint density at radius 3 is 2.75 bits per heavy atom. The molecule has 0 aromatic rings. The zero-order valence-electron chi connectivity index (χ0n) is 7.55. The molecule has 0 saturated heterocycles. The van der Waals surface area contributed by atoms with Crippen molar-refractivity contribution in [3.8, 4) is 0 Å². The van der Waals surface area contributed by atoms with Crippen LogP contribution in [-0.2, 0) is 4.79 Å². The number of hydrogen-bond donors (Lipinski definition) is 3. The van der Waals surface area contributed by atoms with Gasteiger partial charge in [0.25, 0.3) is 0 Å². The summed E-state index contributed by atoms with van der Waals surface area (Å²) in [5.74, 6) is -0.00986. The van der Waals surface area contributed by atoms with Crippen LogP contribution in [0, 0.1) is 0 Å². The van der Waals surface area contributed by atoms with E-state index in [4.69, 9.17) is 10.8 Å². The molecule has 0 fully saturated rings. The van der Waals surface area contributed by atoms with E-state index in [-0.39, 0.29) is 5.91 Å². The topological polar surface area (TPSA) is 75.3 Å². The van der Waals surface area contributed by atoms with Crippen molar-refractivity contribution in [1.29, 1.82) is 0 Å². The Bertz CT molecular complexity index is 126. The monoisotopic (exact) mass is 174 g/mol. The first kappa shape index (κ1) is 11.4. The molecule has 12 heavy (non-hydrogen) atoms. The van der Waals surface area contributed by atoms with Crippen molar-refractivity contribution in [1.82, 2.24) is 5.32 Å². The number of aliphatic hydroxyl groups excluding tert-OH is 1. The highest BCUT2D eigenvalue weighted by Crippen LogP contribution is 1.92. The van der Waals surface area contributed by atoms with Crippen molar-refractivity contribution in [2.45, 2.75) is 32.3 Å². The smallest absolute Gasteiger partial charge is 0.220 e. The van der Waals surface area contributed by atoms with Gasteiger partial charge in [0.05, 0.1) is 6.10 Å². The summed E-state index contributed by atoms with van der Waals surface area (Å²) < 4.78 is 0. The fourth-order valence-electron chi connectivity index (χ4n) is 0.780. The van der Waals surface area contributed by atoms with E-state index in [1.807, 2.05) is 0 Å². The first-order valence-electron chi connectivity index (χ1n) is 4.31. The highest BCUT2D eigenvalue weighted by atomic mass is 16.3. The highest BCUT2D eigenvalue weighted by Gasteiger charge is 2.01. The molecule has 0 bridgehead atoms. The predicted molar refractivity (Wildman–Crippen MR) is 47.6 cm³/mol. The first-order chi connectivity index (χ1) is 5.66. The molecule has 0 saturated carbocycles. The third-order valence-electron chi connectivity index (χ3n) is 1.45. The fraction of sp³-hybridized carbons (Fsp3) is 0.875. The average Bonchev–Trinajstić information content (AvgIpc) is 2.01. The number of amides is 1. The Hall–Kier alpha value is -0.610. The molecule has 0 radical (unpaired) electrons. The van der Waals surface area contributed by atoms with Crippen LogP contribution in [0.2, 0.25) is 0 Å². The largest absolute Gasteiger partial charge is 0.392 e. The number of carbonyl (C=O) groups excluding carboxylic acids is 1. The second kappa shape index (κ2) is 7.06. The van der Waals surface area contributed by atoms with Gasteiger partial charge in [-0.3, -0.25) is 4.79 Å². The molecule has 4 nitrogen and oxygen atoms in total. The summed E-state index contributed by atoms with van der Waals surface area (Å²) in [6, 6.07) is 0. The summed E-state index contributed by atoms with van der Waals surface area (Å²) in [4.78, 5) is 11.0. The molecule has 0 unspecified atom stereocenters. The van der Waals surface area contributed by atoms with Crippen LogP contribution in [0.25, 0.3) is 0 Å². The van der Waals surface area contributed by atoms with Crippen molar-refractivity contribution in [3.05, 3.63) is 0 Å². The van der Waals surface area contributed by atoms with E-state index in [9.17, 15) is 4.79 Å². The molecule has 1 atom stereocenters. The summed E-state index contributed by atoms with van der Waals surface area (Å²) in [7, 11) is 0.